The predicted molar refractivity (Wildman–Crippen MR) is 101 cm³/mol. The summed E-state index contributed by atoms with van der Waals surface area (Å²) in [5.41, 5.74) is 1.91. The Morgan fingerprint density at radius 2 is 1.56 bits per heavy atom. The van der Waals surface area contributed by atoms with Crippen LogP contribution in [0, 0.1) is 11.6 Å². The number of carbonyl (C=O) groups is 1. The van der Waals surface area contributed by atoms with Gasteiger partial charge in [-0.1, -0.05) is 32.9 Å². The minimum Gasteiger partial charge on any atom is -0.505 e. The van der Waals surface area contributed by atoms with Crippen molar-refractivity contribution in [2.75, 3.05) is 31.1 Å². The number of benzene rings is 2. The van der Waals surface area contributed by atoms with E-state index >= 15 is 0 Å². The molecule has 1 aliphatic rings. The minimum atomic E-state index is -0.858. The number of aromatic hydroxyl groups is 1. The Labute approximate surface area is 158 Å². The van der Waals surface area contributed by atoms with Gasteiger partial charge in [-0.2, -0.15) is 0 Å². The van der Waals surface area contributed by atoms with E-state index in [1.54, 1.807) is 9.80 Å². The van der Waals surface area contributed by atoms with Crippen molar-refractivity contribution in [3.05, 3.63) is 59.2 Å². The average Bonchev–Trinajstić information content (AvgIpc) is 2.64. The Morgan fingerprint density at radius 1 is 0.963 bits per heavy atom. The topological polar surface area (TPSA) is 43.8 Å². The van der Waals surface area contributed by atoms with Crippen molar-refractivity contribution >= 4 is 11.6 Å². The number of piperazine rings is 1. The summed E-state index contributed by atoms with van der Waals surface area (Å²) in [5.74, 6) is -2.30. The molecule has 144 valence electrons. The standard InChI is InChI=1S/C21H24F2N2O2/c1-21(2,3)15-6-4-14(5-7-15)20(27)25-10-8-24(9-11-25)18-12-17(23)19(26)13-16(18)22/h4-7,12-13,26H,8-11H2,1-3H3. The van der Waals surface area contributed by atoms with E-state index in [1.165, 1.54) is 0 Å². The summed E-state index contributed by atoms with van der Waals surface area (Å²) in [6.45, 7) is 7.99. The molecule has 0 unspecified atom stereocenters. The van der Waals surface area contributed by atoms with Gasteiger partial charge in [0.15, 0.2) is 11.6 Å². The number of nitrogens with zero attached hydrogens (tertiary/aromatic N) is 2. The second-order valence-electron chi connectivity index (χ2n) is 7.86. The maximum absolute atomic E-state index is 14.0. The van der Waals surface area contributed by atoms with Gasteiger partial charge in [-0.15, -0.1) is 0 Å². The molecule has 0 saturated carbocycles. The van der Waals surface area contributed by atoms with Gasteiger partial charge in [0.1, 0.15) is 5.82 Å². The first-order valence-electron chi connectivity index (χ1n) is 8.99. The van der Waals surface area contributed by atoms with Crippen molar-refractivity contribution < 1.29 is 18.7 Å². The lowest BCUT2D eigenvalue weighted by atomic mass is 9.86. The van der Waals surface area contributed by atoms with Crippen LogP contribution in [0.1, 0.15) is 36.7 Å². The van der Waals surface area contributed by atoms with Crippen molar-refractivity contribution in [1.82, 2.24) is 4.90 Å². The maximum Gasteiger partial charge on any atom is 0.253 e. The fraction of sp³-hybridized carbons (Fsp3) is 0.381. The number of carbonyl (C=O) groups excluding carboxylic acids is 1. The van der Waals surface area contributed by atoms with Gasteiger partial charge in [0.05, 0.1) is 5.69 Å². The lowest BCUT2D eigenvalue weighted by molar-refractivity contribution is 0.0746. The highest BCUT2D eigenvalue weighted by Gasteiger charge is 2.25. The number of halogens is 2. The highest BCUT2D eigenvalue weighted by atomic mass is 19.1. The Hall–Kier alpha value is -2.63. The van der Waals surface area contributed by atoms with Crippen molar-refractivity contribution in [3.63, 3.8) is 0 Å². The smallest absolute Gasteiger partial charge is 0.253 e. The highest BCUT2D eigenvalue weighted by Crippen LogP contribution is 2.28. The quantitative estimate of drug-likeness (QED) is 0.866. The molecule has 1 fully saturated rings. The van der Waals surface area contributed by atoms with Crippen LogP contribution < -0.4 is 4.90 Å². The molecule has 1 N–H and O–H groups in total. The van der Waals surface area contributed by atoms with E-state index in [4.69, 9.17) is 0 Å². The Morgan fingerprint density at radius 3 is 2.11 bits per heavy atom. The fourth-order valence-corrected chi connectivity index (χ4v) is 3.21. The molecule has 1 amide bonds. The van der Waals surface area contributed by atoms with Crippen LogP contribution in [0.3, 0.4) is 0 Å². The normalized spacial score (nSPS) is 15.1. The van der Waals surface area contributed by atoms with Gasteiger partial charge in [0.25, 0.3) is 5.91 Å². The zero-order chi connectivity index (χ0) is 19.8. The molecule has 2 aromatic carbocycles. The van der Waals surface area contributed by atoms with Crippen molar-refractivity contribution in [2.24, 2.45) is 0 Å². The first-order chi connectivity index (χ1) is 12.7. The van der Waals surface area contributed by atoms with Crippen LogP contribution in [0.5, 0.6) is 5.75 Å². The van der Waals surface area contributed by atoms with Crippen LogP contribution in [0.15, 0.2) is 36.4 Å². The third kappa shape index (κ3) is 4.04. The van der Waals surface area contributed by atoms with E-state index in [0.29, 0.717) is 31.7 Å². The molecule has 6 heteroatoms. The number of rotatable bonds is 2. The summed E-state index contributed by atoms with van der Waals surface area (Å²) in [6.07, 6.45) is 0. The molecule has 1 saturated heterocycles. The molecule has 0 aromatic heterocycles. The second-order valence-corrected chi connectivity index (χ2v) is 7.86. The molecule has 0 radical (unpaired) electrons. The van der Waals surface area contributed by atoms with Gasteiger partial charge in [-0.3, -0.25) is 4.79 Å². The van der Waals surface area contributed by atoms with Crippen molar-refractivity contribution in [2.45, 2.75) is 26.2 Å². The van der Waals surface area contributed by atoms with Crippen LogP contribution in [-0.2, 0) is 5.41 Å². The van der Waals surface area contributed by atoms with Crippen molar-refractivity contribution in [3.8, 4) is 5.75 Å². The SMILES string of the molecule is CC(C)(C)c1ccc(C(=O)N2CCN(c3cc(F)c(O)cc3F)CC2)cc1. The number of amides is 1. The molecule has 1 heterocycles. The third-order valence-electron chi connectivity index (χ3n) is 4.92. The van der Waals surface area contributed by atoms with Crippen molar-refractivity contribution in [1.29, 1.82) is 0 Å². The van der Waals surface area contributed by atoms with E-state index in [-0.39, 0.29) is 17.0 Å². The number of phenols is 1. The van der Waals surface area contributed by atoms with Gasteiger partial charge in [0.2, 0.25) is 0 Å². The Bertz CT molecular complexity index is 836. The minimum absolute atomic E-state index is 0.0245. The largest absolute Gasteiger partial charge is 0.505 e. The average molecular weight is 374 g/mol. The van der Waals surface area contributed by atoms with E-state index in [9.17, 15) is 18.7 Å². The summed E-state index contributed by atoms with van der Waals surface area (Å²) in [4.78, 5) is 16.1. The van der Waals surface area contributed by atoms with Crippen LogP contribution >= 0.6 is 0 Å². The number of anilines is 1. The molecule has 2 aromatic rings. The second kappa shape index (κ2) is 7.18. The monoisotopic (exact) mass is 374 g/mol. The van der Waals surface area contributed by atoms with Crippen LogP contribution in [0.25, 0.3) is 0 Å². The molecule has 0 aliphatic carbocycles. The first-order valence-corrected chi connectivity index (χ1v) is 8.99. The van der Waals surface area contributed by atoms with Crippen LogP contribution in [0.2, 0.25) is 0 Å². The summed E-state index contributed by atoms with van der Waals surface area (Å²) in [6, 6.07) is 9.39. The summed E-state index contributed by atoms with van der Waals surface area (Å²) >= 11 is 0. The highest BCUT2D eigenvalue weighted by molar-refractivity contribution is 5.94. The fourth-order valence-electron chi connectivity index (χ4n) is 3.21. The maximum atomic E-state index is 14.0. The molecule has 1 aliphatic heterocycles. The van der Waals surface area contributed by atoms with Gasteiger partial charge >= 0.3 is 0 Å². The van der Waals surface area contributed by atoms with Gasteiger partial charge in [-0.25, -0.2) is 8.78 Å². The first kappa shape index (κ1) is 19.1. The Balaban J connectivity index is 1.67. The molecule has 3 rings (SSSR count). The third-order valence-corrected chi connectivity index (χ3v) is 4.92. The molecule has 0 spiro atoms. The Kier molecular flexibility index (Phi) is 5.09. The zero-order valence-corrected chi connectivity index (χ0v) is 15.8. The van der Waals surface area contributed by atoms with E-state index in [2.05, 4.69) is 20.8 Å². The number of hydrogen-bond donors (Lipinski definition) is 1. The lowest BCUT2D eigenvalue weighted by Crippen LogP contribution is -2.49. The van der Waals surface area contributed by atoms with E-state index in [0.717, 1.165) is 17.7 Å². The lowest BCUT2D eigenvalue weighted by Gasteiger charge is -2.36. The molecule has 27 heavy (non-hydrogen) atoms. The van der Waals surface area contributed by atoms with E-state index < -0.39 is 17.4 Å². The summed E-state index contributed by atoms with van der Waals surface area (Å²) < 4.78 is 27.6. The molecule has 0 atom stereocenters. The molecule has 4 nitrogen and oxygen atoms in total. The van der Waals surface area contributed by atoms with Gasteiger partial charge in [-0.05, 0) is 23.1 Å². The predicted octanol–water partition coefficient (Wildman–Crippen LogP) is 3.93. The van der Waals surface area contributed by atoms with Gasteiger partial charge in [0, 0.05) is 43.9 Å². The van der Waals surface area contributed by atoms with Crippen LogP contribution in [-0.4, -0.2) is 42.1 Å². The molecule has 0 bridgehead atoms. The van der Waals surface area contributed by atoms with Crippen LogP contribution in [0.4, 0.5) is 14.5 Å². The number of phenolic OH excluding ortho intramolecular Hbond substituents is 1. The molecular formula is C21H24F2N2O2. The zero-order valence-electron chi connectivity index (χ0n) is 15.8. The molecular weight excluding hydrogens is 350 g/mol. The summed E-state index contributed by atoms with van der Waals surface area (Å²) in [7, 11) is 0. The number of hydrogen-bond acceptors (Lipinski definition) is 3. The van der Waals surface area contributed by atoms with Gasteiger partial charge < -0.3 is 14.9 Å². The van der Waals surface area contributed by atoms with E-state index in [1.807, 2.05) is 24.3 Å². The summed E-state index contributed by atoms with van der Waals surface area (Å²) in [5, 5.41) is 9.25.